The van der Waals surface area contributed by atoms with Crippen molar-refractivity contribution < 1.29 is 9.66 Å². The molecule has 3 aromatic rings. The lowest BCUT2D eigenvalue weighted by atomic mass is 10.0. The minimum atomic E-state index is -0.377. The van der Waals surface area contributed by atoms with Crippen molar-refractivity contribution in [1.29, 1.82) is 0 Å². The second-order valence-corrected chi connectivity index (χ2v) is 5.61. The van der Waals surface area contributed by atoms with Crippen LogP contribution in [0.2, 0.25) is 0 Å². The fourth-order valence-electron chi connectivity index (χ4n) is 2.92. The van der Waals surface area contributed by atoms with Gasteiger partial charge in [-0.1, -0.05) is 12.1 Å². The molecule has 0 saturated carbocycles. The standard InChI is InChI=1S/C18H18N2O3/c1-12-16(10-13-4-6-14(7-5-13)20(21)22)17-11-15(23-3)8-9-18(17)19(12)2/h4-9,11H,10H2,1-3H3. The first kappa shape index (κ1) is 15.1. The van der Waals surface area contributed by atoms with Crippen LogP contribution in [0, 0.1) is 17.0 Å². The molecule has 0 aliphatic rings. The Bertz CT molecular complexity index is 879. The Kier molecular flexibility index (Phi) is 3.78. The number of fused-ring (bicyclic) bond motifs is 1. The van der Waals surface area contributed by atoms with Gasteiger partial charge in [0.05, 0.1) is 12.0 Å². The van der Waals surface area contributed by atoms with Crippen LogP contribution in [0.25, 0.3) is 10.9 Å². The van der Waals surface area contributed by atoms with Crippen molar-refractivity contribution in [3.63, 3.8) is 0 Å². The lowest BCUT2D eigenvalue weighted by Gasteiger charge is -2.04. The van der Waals surface area contributed by atoms with Gasteiger partial charge >= 0.3 is 0 Å². The van der Waals surface area contributed by atoms with E-state index in [1.54, 1.807) is 19.2 Å². The van der Waals surface area contributed by atoms with Gasteiger partial charge in [-0.15, -0.1) is 0 Å². The number of hydrogen-bond acceptors (Lipinski definition) is 3. The molecule has 23 heavy (non-hydrogen) atoms. The summed E-state index contributed by atoms with van der Waals surface area (Å²) in [7, 11) is 3.70. The van der Waals surface area contributed by atoms with Crippen molar-refractivity contribution in [3.05, 3.63) is 69.4 Å². The average molecular weight is 310 g/mol. The summed E-state index contributed by atoms with van der Waals surface area (Å²) < 4.78 is 7.50. The van der Waals surface area contributed by atoms with Gasteiger partial charge in [-0.05, 0) is 42.7 Å². The van der Waals surface area contributed by atoms with Crippen molar-refractivity contribution in [3.8, 4) is 5.75 Å². The molecule has 1 heterocycles. The fraction of sp³-hybridized carbons (Fsp3) is 0.222. The van der Waals surface area contributed by atoms with Gasteiger partial charge < -0.3 is 9.30 Å². The number of methoxy groups -OCH3 is 1. The zero-order valence-corrected chi connectivity index (χ0v) is 13.4. The van der Waals surface area contributed by atoms with Gasteiger partial charge in [-0.3, -0.25) is 10.1 Å². The Morgan fingerprint density at radius 1 is 1.17 bits per heavy atom. The zero-order chi connectivity index (χ0) is 16.6. The molecule has 3 rings (SSSR count). The Morgan fingerprint density at radius 3 is 2.48 bits per heavy atom. The maximum absolute atomic E-state index is 10.8. The van der Waals surface area contributed by atoms with E-state index < -0.39 is 0 Å². The van der Waals surface area contributed by atoms with E-state index in [0.717, 1.165) is 28.6 Å². The second kappa shape index (κ2) is 5.76. The van der Waals surface area contributed by atoms with E-state index >= 15 is 0 Å². The van der Waals surface area contributed by atoms with Crippen molar-refractivity contribution in [2.24, 2.45) is 7.05 Å². The maximum Gasteiger partial charge on any atom is 0.269 e. The highest BCUT2D eigenvalue weighted by Crippen LogP contribution is 2.30. The number of ether oxygens (including phenoxy) is 1. The molecule has 2 aromatic carbocycles. The number of nitrogens with zero attached hydrogens (tertiary/aromatic N) is 2. The normalized spacial score (nSPS) is 10.9. The van der Waals surface area contributed by atoms with Crippen LogP contribution in [-0.4, -0.2) is 16.6 Å². The van der Waals surface area contributed by atoms with Gasteiger partial charge in [0.15, 0.2) is 0 Å². The molecule has 0 N–H and O–H groups in total. The predicted molar refractivity (Wildman–Crippen MR) is 90.1 cm³/mol. The number of nitro groups is 1. The van der Waals surface area contributed by atoms with Crippen LogP contribution in [0.1, 0.15) is 16.8 Å². The molecule has 0 amide bonds. The van der Waals surface area contributed by atoms with Crippen LogP contribution in [0.3, 0.4) is 0 Å². The van der Waals surface area contributed by atoms with Crippen LogP contribution >= 0.6 is 0 Å². The third-order valence-corrected chi connectivity index (χ3v) is 4.36. The molecule has 118 valence electrons. The van der Waals surface area contributed by atoms with Crippen LogP contribution < -0.4 is 4.74 Å². The van der Waals surface area contributed by atoms with E-state index in [9.17, 15) is 10.1 Å². The number of hydrogen-bond donors (Lipinski definition) is 0. The Labute approximate surface area is 134 Å². The summed E-state index contributed by atoms with van der Waals surface area (Å²) in [6.07, 6.45) is 0.730. The highest BCUT2D eigenvalue weighted by molar-refractivity contribution is 5.87. The van der Waals surface area contributed by atoms with E-state index in [4.69, 9.17) is 4.74 Å². The molecule has 0 bridgehead atoms. The third-order valence-electron chi connectivity index (χ3n) is 4.36. The van der Waals surface area contributed by atoms with Gasteiger partial charge in [0.2, 0.25) is 0 Å². The molecule has 5 nitrogen and oxygen atoms in total. The average Bonchev–Trinajstić information content (AvgIpc) is 2.80. The van der Waals surface area contributed by atoms with Crippen LogP contribution in [0.4, 0.5) is 5.69 Å². The summed E-state index contributed by atoms with van der Waals surface area (Å²) in [5.41, 5.74) is 4.72. The van der Waals surface area contributed by atoms with E-state index in [0.29, 0.717) is 0 Å². The van der Waals surface area contributed by atoms with Crippen molar-refractivity contribution in [2.45, 2.75) is 13.3 Å². The van der Waals surface area contributed by atoms with Crippen LogP contribution in [0.5, 0.6) is 5.75 Å². The molecule has 0 atom stereocenters. The van der Waals surface area contributed by atoms with Crippen molar-refractivity contribution in [2.75, 3.05) is 7.11 Å². The minimum Gasteiger partial charge on any atom is -0.497 e. The SMILES string of the molecule is COc1ccc2c(c1)c(Cc1ccc([N+](=O)[O-])cc1)c(C)n2C. The van der Waals surface area contributed by atoms with Crippen LogP contribution in [0.15, 0.2) is 42.5 Å². The van der Waals surface area contributed by atoms with E-state index in [2.05, 4.69) is 17.6 Å². The molecular weight excluding hydrogens is 292 g/mol. The largest absolute Gasteiger partial charge is 0.497 e. The summed E-state index contributed by atoms with van der Waals surface area (Å²) in [6.45, 7) is 2.09. The number of benzene rings is 2. The molecule has 1 aromatic heterocycles. The number of rotatable bonds is 4. The highest BCUT2D eigenvalue weighted by atomic mass is 16.6. The monoisotopic (exact) mass is 310 g/mol. The van der Waals surface area contributed by atoms with Gasteiger partial charge in [-0.2, -0.15) is 0 Å². The first-order valence-corrected chi connectivity index (χ1v) is 7.36. The molecule has 0 saturated heterocycles. The smallest absolute Gasteiger partial charge is 0.269 e. The second-order valence-electron chi connectivity index (χ2n) is 5.61. The minimum absolute atomic E-state index is 0.116. The van der Waals surface area contributed by atoms with Gasteiger partial charge in [0.25, 0.3) is 5.69 Å². The summed E-state index contributed by atoms with van der Waals surface area (Å²) in [4.78, 5) is 10.4. The first-order valence-electron chi connectivity index (χ1n) is 7.36. The molecule has 0 unspecified atom stereocenters. The molecule has 0 spiro atoms. The summed E-state index contributed by atoms with van der Waals surface area (Å²) in [6, 6.07) is 12.8. The first-order chi connectivity index (χ1) is 11.0. The Morgan fingerprint density at radius 2 is 1.87 bits per heavy atom. The molecular formula is C18H18N2O3. The number of nitro benzene ring substituents is 1. The fourth-order valence-corrected chi connectivity index (χ4v) is 2.92. The molecule has 0 fully saturated rings. The van der Waals surface area contributed by atoms with E-state index in [1.807, 2.05) is 31.3 Å². The summed E-state index contributed by atoms with van der Waals surface area (Å²) >= 11 is 0. The molecule has 5 heteroatoms. The topological polar surface area (TPSA) is 57.3 Å². The lowest BCUT2D eigenvalue weighted by Crippen LogP contribution is -1.94. The quantitative estimate of drug-likeness (QED) is 0.540. The van der Waals surface area contributed by atoms with Gasteiger partial charge in [0.1, 0.15) is 5.75 Å². The van der Waals surface area contributed by atoms with Crippen LogP contribution in [-0.2, 0) is 13.5 Å². The highest BCUT2D eigenvalue weighted by Gasteiger charge is 2.14. The molecule has 0 aliphatic carbocycles. The third kappa shape index (κ3) is 2.65. The Balaban J connectivity index is 2.05. The number of non-ortho nitro benzene ring substituents is 1. The number of aromatic nitrogens is 1. The van der Waals surface area contributed by atoms with Crippen molar-refractivity contribution >= 4 is 16.6 Å². The maximum atomic E-state index is 10.8. The Hall–Kier alpha value is -2.82. The van der Waals surface area contributed by atoms with E-state index in [-0.39, 0.29) is 10.6 Å². The van der Waals surface area contributed by atoms with Gasteiger partial charge in [0, 0.05) is 35.8 Å². The summed E-state index contributed by atoms with van der Waals surface area (Å²) in [5.74, 6) is 0.827. The predicted octanol–water partition coefficient (Wildman–Crippen LogP) is 3.99. The van der Waals surface area contributed by atoms with Crippen molar-refractivity contribution in [1.82, 2.24) is 4.57 Å². The lowest BCUT2D eigenvalue weighted by molar-refractivity contribution is -0.384. The van der Waals surface area contributed by atoms with E-state index in [1.165, 1.54) is 11.3 Å². The number of aryl methyl sites for hydroxylation is 1. The zero-order valence-electron chi connectivity index (χ0n) is 13.4. The summed E-state index contributed by atoms with van der Waals surface area (Å²) in [5, 5.41) is 11.9. The van der Waals surface area contributed by atoms with Gasteiger partial charge in [-0.25, -0.2) is 0 Å². The molecule has 0 aliphatic heterocycles. The molecule has 0 radical (unpaired) electrons.